The molecule has 1 fully saturated rings. The summed E-state index contributed by atoms with van der Waals surface area (Å²) in [5, 5.41) is 2.78. The monoisotopic (exact) mass is 344 g/mol. The second-order valence-electron chi connectivity index (χ2n) is 6.39. The quantitative estimate of drug-likeness (QED) is 0.807. The Labute approximate surface area is 146 Å². The second kappa shape index (κ2) is 8.10. The number of likely N-dealkylation sites (tertiary alicyclic amines) is 1. The molecule has 0 saturated carbocycles. The summed E-state index contributed by atoms with van der Waals surface area (Å²) in [6.45, 7) is 0.692. The van der Waals surface area contributed by atoms with E-state index in [9.17, 15) is 13.6 Å². The van der Waals surface area contributed by atoms with E-state index >= 15 is 0 Å². The summed E-state index contributed by atoms with van der Waals surface area (Å²) in [4.78, 5) is 14.5. The molecule has 0 radical (unpaired) electrons. The van der Waals surface area contributed by atoms with Crippen molar-refractivity contribution in [3.63, 3.8) is 0 Å². The lowest BCUT2D eigenvalue weighted by molar-refractivity contribution is 0.151. The number of hydrogen-bond acceptors (Lipinski definition) is 1. The maximum Gasteiger partial charge on any atom is 0.322 e. The minimum atomic E-state index is -2.54. The first-order valence-corrected chi connectivity index (χ1v) is 8.63. The predicted molar refractivity (Wildman–Crippen MR) is 94.9 cm³/mol. The summed E-state index contributed by atoms with van der Waals surface area (Å²) < 4.78 is 25.6. The number of urea groups is 1. The van der Waals surface area contributed by atoms with Crippen molar-refractivity contribution in [3.8, 4) is 0 Å². The van der Waals surface area contributed by atoms with Crippen LogP contribution in [0, 0.1) is 0 Å². The Bertz CT molecular complexity index is 706. The first-order valence-electron chi connectivity index (χ1n) is 8.63. The Kier molecular flexibility index (Phi) is 5.64. The normalized spacial score (nSPS) is 17.6. The molecule has 0 aliphatic carbocycles. The third kappa shape index (κ3) is 4.56. The Hall–Kier alpha value is -2.43. The molecule has 2 amide bonds. The molecule has 25 heavy (non-hydrogen) atoms. The molecule has 1 saturated heterocycles. The first-order chi connectivity index (χ1) is 12.1. The minimum Gasteiger partial charge on any atom is -0.321 e. The molecule has 0 bridgehead atoms. The predicted octanol–water partition coefficient (Wildman–Crippen LogP) is 5.25. The lowest BCUT2D eigenvalue weighted by atomic mass is 9.96. The summed E-state index contributed by atoms with van der Waals surface area (Å²) >= 11 is 0. The number of nitrogens with one attached hydrogen (secondary N) is 1. The van der Waals surface area contributed by atoms with E-state index in [1.807, 2.05) is 23.1 Å². The molecule has 1 aliphatic rings. The fraction of sp³-hybridized carbons (Fsp3) is 0.350. The number of piperidine rings is 1. The van der Waals surface area contributed by atoms with Crippen LogP contribution in [0.5, 0.6) is 0 Å². The summed E-state index contributed by atoms with van der Waals surface area (Å²) in [5.74, 6) is 0. The fourth-order valence-electron chi connectivity index (χ4n) is 3.31. The van der Waals surface area contributed by atoms with Crippen LogP contribution in [-0.2, 0) is 6.42 Å². The van der Waals surface area contributed by atoms with E-state index < -0.39 is 6.43 Å². The molecule has 1 N–H and O–H groups in total. The molecule has 3 nitrogen and oxygen atoms in total. The molecule has 2 aromatic carbocycles. The molecule has 1 heterocycles. The van der Waals surface area contributed by atoms with Crippen LogP contribution in [0.3, 0.4) is 0 Å². The third-order valence-electron chi connectivity index (χ3n) is 4.59. The molecule has 132 valence electrons. The highest BCUT2D eigenvalue weighted by atomic mass is 19.3. The van der Waals surface area contributed by atoms with Gasteiger partial charge in [0.1, 0.15) is 0 Å². The van der Waals surface area contributed by atoms with Gasteiger partial charge in [-0.15, -0.1) is 0 Å². The molecule has 3 rings (SSSR count). The van der Waals surface area contributed by atoms with Crippen molar-refractivity contribution in [2.45, 2.75) is 38.2 Å². The van der Waals surface area contributed by atoms with Gasteiger partial charge in [0.2, 0.25) is 0 Å². The van der Waals surface area contributed by atoms with Crippen LogP contribution in [-0.4, -0.2) is 23.5 Å². The lowest BCUT2D eigenvalue weighted by Gasteiger charge is -2.36. The van der Waals surface area contributed by atoms with Crippen molar-refractivity contribution >= 4 is 11.7 Å². The molecule has 1 unspecified atom stereocenters. The van der Waals surface area contributed by atoms with Gasteiger partial charge in [-0.3, -0.25) is 0 Å². The smallest absolute Gasteiger partial charge is 0.321 e. The highest BCUT2D eigenvalue weighted by Gasteiger charge is 2.27. The number of halogens is 2. The van der Waals surface area contributed by atoms with E-state index in [1.165, 1.54) is 23.8 Å². The van der Waals surface area contributed by atoms with Crippen molar-refractivity contribution in [2.24, 2.45) is 0 Å². The van der Waals surface area contributed by atoms with E-state index in [4.69, 9.17) is 0 Å². The molecule has 1 atom stereocenters. The first kappa shape index (κ1) is 17.4. The largest absolute Gasteiger partial charge is 0.322 e. The van der Waals surface area contributed by atoms with Gasteiger partial charge in [0.25, 0.3) is 6.43 Å². The highest BCUT2D eigenvalue weighted by Crippen LogP contribution is 2.24. The lowest BCUT2D eigenvalue weighted by Crippen LogP contribution is -2.46. The van der Waals surface area contributed by atoms with Gasteiger partial charge < -0.3 is 10.2 Å². The number of nitrogens with zero attached hydrogens (tertiary/aromatic N) is 1. The Morgan fingerprint density at radius 1 is 1.12 bits per heavy atom. The van der Waals surface area contributed by atoms with Gasteiger partial charge in [0, 0.05) is 23.8 Å². The van der Waals surface area contributed by atoms with Gasteiger partial charge in [0.15, 0.2) is 0 Å². The fourth-order valence-corrected chi connectivity index (χ4v) is 3.31. The average molecular weight is 344 g/mol. The Balaban J connectivity index is 1.69. The Morgan fingerprint density at radius 2 is 1.92 bits per heavy atom. The van der Waals surface area contributed by atoms with Gasteiger partial charge in [-0.2, -0.15) is 0 Å². The van der Waals surface area contributed by atoms with Crippen LogP contribution in [0.4, 0.5) is 19.3 Å². The summed E-state index contributed by atoms with van der Waals surface area (Å²) in [6.07, 6.45) is 1.29. The van der Waals surface area contributed by atoms with E-state index in [-0.39, 0.29) is 17.6 Å². The summed E-state index contributed by atoms with van der Waals surface area (Å²) in [6, 6.07) is 15.9. The zero-order valence-corrected chi connectivity index (χ0v) is 14.0. The van der Waals surface area contributed by atoms with Crippen molar-refractivity contribution in [2.75, 3.05) is 11.9 Å². The number of alkyl halides is 2. The van der Waals surface area contributed by atoms with Crippen LogP contribution < -0.4 is 5.32 Å². The van der Waals surface area contributed by atoms with Gasteiger partial charge in [-0.25, -0.2) is 13.6 Å². The average Bonchev–Trinajstić information content (AvgIpc) is 2.63. The number of rotatable bonds is 4. The molecular weight excluding hydrogens is 322 g/mol. The van der Waals surface area contributed by atoms with Crippen molar-refractivity contribution in [1.82, 2.24) is 4.90 Å². The van der Waals surface area contributed by atoms with Gasteiger partial charge >= 0.3 is 6.03 Å². The zero-order valence-electron chi connectivity index (χ0n) is 14.0. The number of hydrogen-bond donors (Lipinski definition) is 1. The number of benzene rings is 2. The maximum atomic E-state index is 12.8. The van der Waals surface area contributed by atoms with E-state index in [2.05, 4.69) is 17.4 Å². The second-order valence-corrected chi connectivity index (χ2v) is 6.39. The molecular formula is C20H22F2N2O. The molecule has 0 spiro atoms. The third-order valence-corrected chi connectivity index (χ3v) is 4.59. The number of anilines is 1. The molecule has 1 aliphatic heterocycles. The number of amides is 2. The van der Waals surface area contributed by atoms with E-state index in [0.717, 1.165) is 25.7 Å². The van der Waals surface area contributed by atoms with E-state index in [0.29, 0.717) is 12.2 Å². The van der Waals surface area contributed by atoms with Crippen LogP contribution in [0.15, 0.2) is 54.6 Å². The number of carbonyl (C=O) groups is 1. The van der Waals surface area contributed by atoms with Gasteiger partial charge in [0.05, 0.1) is 0 Å². The van der Waals surface area contributed by atoms with Gasteiger partial charge in [-0.05, 0) is 43.4 Å². The van der Waals surface area contributed by atoms with Crippen molar-refractivity contribution in [3.05, 3.63) is 65.7 Å². The van der Waals surface area contributed by atoms with Crippen molar-refractivity contribution < 1.29 is 13.6 Å². The highest BCUT2D eigenvalue weighted by molar-refractivity contribution is 5.89. The molecule has 0 aromatic heterocycles. The summed E-state index contributed by atoms with van der Waals surface area (Å²) in [7, 11) is 0. The maximum absolute atomic E-state index is 12.8. The van der Waals surface area contributed by atoms with Crippen molar-refractivity contribution in [1.29, 1.82) is 0 Å². The van der Waals surface area contributed by atoms with Crippen LogP contribution in [0.2, 0.25) is 0 Å². The minimum absolute atomic E-state index is 0.0859. The SMILES string of the molecule is O=C(Nc1cccc(C(F)F)c1)N1CCCCC1Cc1ccccc1. The van der Waals surface area contributed by atoms with Crippen LogP contribution >= 0.6 is 0 Å². The van der Waals surface area contributed by atoms with Gasteiger partial charge in [-0.1, -0.05) is 42.5 Å². The van der Waals surface area contributed by atoms with Crippen LogP contribution in [0.1, 0.15) is 36.8 Å². The zero-order chi connectivity index (χ0) is 17.6. The number of carbonyl (C=O) groups excluding carboxylic acids is 1. The van der Waals surface area contributed by atoms with E-state index in [1.54, 1.807) is 6.07 Å². The molecule has 5 heteroatoms. The Morgan fingerprint density at radius 3 is 2.68 bits per heavy atom. The summed E-state index contributed by atoms with van der Waals surface area (Å²) in [5.41, 5.74) is 1.52. The standard InChI is InChI=1S/C20H22F2N2O/c21-19(22)16-9-6-10-17(14-16)23-20(25)24-12-5-4-11-18(24)13-15-7-2-1-3-8-15/h1-3,6-10,14,18-19H,4-5,11-13H2,(H,23,25). The molecule has 2 aromatic rings. The van der Waals surface area contributed by atoms with Crippen LogP contribution in [0.25, 0.3) is 0 Å². The topological polar surface area (TPSA) is 32.3 Å².